The van der Waals surface area contributed by atoms with Gasteiger partial charge in [-0.2, -0.15) is 4.80 Å². The summed E-state index contributed by atoms with van der Waals surface area (Å²) < 4.78 is 11.8. The smallest absolute Gasteiger partial charge is 0.176 e. The van der Waals surface area contributed by atoms with Crippen LogP contribution in [0, 0.1) is 0 Å². The number of likely N-dealkylation sites (N-methyl/N-ethyl adjacent to an activating group) is 1. The molecule has 2 heterocycles. The number of hydrogen-bond donors (Lipinski definition) is 1. The van der Waals surface area contributed by atoms with Gasteiger partial charge in [-0.25, -0.2) is 0 Å². The molecule has 21 heavy (non-hydrogen) atoms. The lowest BCUT2D eigenvalue weighted by Crippen LogP contribution is -2.49. The van der Waals surface area contributed by atoms with Gasteiger partial charge in [0.15, 0.2) is 17.3 Å². The molecule has 2 aromatic rings. The number of aromatic nitrogens is 4. The SMILES string of the molecule is CCNC(Cc1nnn(C)n1)C1COc2ccccc2O1. The maximum atomic E-state index is 6.06. The Morgan fingerprint density at radius 1 is 1.38 bits per heavy atom. The van der Waals surface area contributed by atoms with Gasteiger partial charge in [-0.15, -0.1) is 10.2 Å². The molecule has 112 valence electrons. The second-order valence-corrected chi connectivity index (χ2v) is 4.98. The van der Waals surface area contributed by atoms with Crippen molar-refractivity contribution >= 4 is 0 Å². The highest BCUT2D eigenvalue weighted by atomic mass is 16.6. The Labute approximate surface area is 123 Å². The number of ether oxygens (including phenoxy) is 2. The molecule has 0 spiro atoms. The number of nitrogens with zero attached hydrogens (tertiary/aromatic N) is 4. The predicted molar refractivity (Wildman–Crippen MR) is 76.3 cm³/mol. The summed E-state index contributed by atoms with van der Waals surface area (Å²) in [5, 5.41) is 15.6. The maximum Gasteiger partial charge on any atom is 0.176 e. The van der Waals surface area contributed by atoms with Crippen LogP contribution in [0.5, 0.6) is 11.5 Å². The van der Waals surface area contributed by atoms with Crippen molar-refractivity contribution in [3.63, 3.8) is 0 Å². The summed E-state index contributed by atoms with van der Waals surface area (Å²) in [6.07, 6.45) is 0.571. The Balaban J connectivity index is 1.72. The van der Waals surface area contributed by atoms with Gasteiger partial charge in [0, 0.05) is 6.42 Å². The van der Waals surface area contributed by atoms with Crippen LogP contribution in [0.25, 0.3) is 0 Å². The van der Waals surface area contributed by atoms with E-state index < -0.39 is 0 Å². The van der Waals surface area contributed by atoms with Gasteiger partial charge in [0.25, 0.3) is 0 Å². The highest BCUT2D eigenvalue weighted by Gasteiger charge is 2.29. The monoisotopic (exact) mass is 289 g/mol. The molecule has 2 atom stereocenters. The van der Waals surface area contributed by atoms with Crippen LogP contribution in [0.15, 0.2) is 24.3 Å². The van der Waals surface area contributed by atoms with E-state index in [1.165, 1.54) is 4.80 Å². The molecule has 0 bridgehead atoms. The zero-order chi connectivity index (χ0) is 14.7. The minimum atomic E-state index is -0.0799. The first kappa shape index (κ1) is 13.8. The highest BCUT2D eigenvalue weighted by Crippen LogP contribution is 2.31. The molecular weight excluding hydrogens is 270 g/mol. The molecule has 1 aromatic carbocycles. The van der Waals surface area contributed by atoms with Crippen molar-refractivity contribution in [1.29, 1.82) is 0 Å². The van der Waals surface area contributed by atoms with E-state index in [0.29, 0.717) is 18.9 Å². The van der Waals surface area contributed by atoms with E-state index in [2.05, 4.69) is 27.7 Å². The fraction of sp³-hybridized carbons (Fsp3) is 0.500. The van der Waals surface area contributed by atoms with Crippen LogP contribution in [0.3, 0.4) is 0 Å². The normalized spacial score (nSPS) is 18.5. The first-order valence-electron chi connectivity index (χ1n) is 7.11. The molecule has 3 rings (SSSR count). The number of benzene rings is 1. The van der Waals surface area contributed by atoms with Crippen LogP contribution in [-0.4, -0.2) is 45.5 Å². The van der Waals surface area contributed by atoms with Gasteiger partial charge in [0.1, 0.15) is 12.7 Å². The van der Waals surface area contributed by atoms with Gasteiger partial charge in [-0.05, 0) is 23.9 Å². The van der Waals surface area contributed by atoms with Crippen molar-refractivity contribution in [3.05, 3.63) is 30.1 Å². The zero-order valence-electron chi connectivity index (χ0n) is 12.2. The lowest BCUT2D eigenvalue weighted by atomic mass is 10.1. The molecule has 1 N–H and O–H groups in total. The number of nitrogens with one attached hydrogen (secondary N) is 1. The average molecular weight is 289 g/mol. The van der Waals surface area contributed by atoms with E-state index in [1.54, 1.807) is 7.05 Å². The van der Waals surface area contributed by atoms with Crippen LogP contribution >= 0.6 is 0 Å². The van der Waals surface area contributed by atoms with E-state index in [0.717, 1.165) is 18.0 Å². The standard InChI is InChI=1S/C14H19N5O2/c1-3-15-10(8-14-16-18-19(2)17-14)13-9-20-11-6-4-5-7-12(11)21-13/h4-7,10,13,15H,3,8-9H2,1-2H3. The number of fused-ring (bicyclic) bond motifs is 1. The second kappa shape index (κ2) is 6.09. The Morgan fingerprint density at radius 3 is 2.90 bits per heavy atom. The summed E-state index contributed by atoms with van der Waals surface area (Å²) in [5.74, 6) is 2.27. The second-order valence-electron chi connectivity index (χ2n) is 4.98. The molecule has 1 aromatic heterocycles. The Kier molecular flexibility index (Phi) is 4.01. The third-order valence-electron chi connectivity index (χ3n) is 3.40. The third kappa shape index (κ3) is 3.13. The van der Waals surface area contributed by atoms with Crippen LogP contribution in [-0.2, 0) is 13.5 Å². The number of tetrazole rings is 1. The van der Waals surface area contributed by atoms with Crippen LogP contribution in [0.4, 0.5) is 0 Å². The van der Waals surface area contributed by atoms with Gasteiger partial charge in [-0.3, -0.25) is 0 Å². The Morgan fingerprint density at radius 2 is 2.19 bits per heavy atom. The summed E-state index contributed by atoms with van der Waals surface area (Å²) >= 11 is 0. The fourth-order valence-corrected chi connectivity index (χ4v) is 2.43. The van der Waals surface area contributed by atoms with E-state index >= 15 is 0 Å². The van der Waals surface area contributed by atoms with Crippen molar-refractivity contribution in [2.45, 2.75) is 25.5 Å². The van der Waals surface area contributed by atoms with Crippen LogP contribution in [0.1, 0.15) is 12.7 Å². The third-order valence-corrected chi connectivity index (χ3v) is 3.40. The summed E-state index contributed by atoms with van der Waals surface area (Å²) in [4.78, 5) is 1.46. The van der Waals surface area contributed by atoms with Crippen molar-refractivity contribution < 1.29 is 9.47 Å². The number of aryl methyl sites for hydroxylation is 1. The molecule has 0 saturated heterocycles. The van der Waals surface area contributed by atoms with Crippen LogP contribution < -0.4 is 14.8 Å². The summed E-state index contributed by atoms with van der Waals surface area (Å²) in [5.41, 5.74) is 0. The molecule has 0 radical (unpaired) electrons. The number of para-hydroxylation sites is 2. The highest BCUT2D eigenvalue weighted by molar-refractivity contribution is 5.40. The largest absolute Gasteiger partial charge is 0.486 e. The molecule has 7 nitrogen and oxygen atoms in total. The van der Waals surface area contributed by atoms with Crippen molar-refractivity contribution in [3.8, 4) is 11.5 Å². The summed E-state index contributed by atoms with van der Waals surface area (Å²) in [6, 6.07) is 7.79. The molecule has 0 aliphatic carbocycles. The lowest BCUT2D eigenvalue weighted by molar-refractivity contribution is 0.0618. The maximum absolute atomic E-state index is 6.06. The molecule has 1 aliphatic heterocycles. The lowest BCUT2D eigenvalue weighted by Gasteiger charge is -2.32. The minimum Gasteiger partial charge on any atom is -0.486 e. The molecule has 0 saturated carbocycles. The quantitative estimate of drug-likeness (QED) is 0.867. The van der Waals surface area contributed by atoms with E-state index in [9.17, 15) is 0 Å². The Bertz CT molecular complexity index is 601. The van der Waals surface area contributed by atoms with E-state index in [1.807, 2.05) is 24.3 Å². The van der Waals surface area contributed by atoms with Crippen molar-refractivity contribution in [2.24, 2.45) is 7.05 Å². The molecular formula is C14H19N5O2. The average Bonchev–Trinajstić information content (AvgIpc) is 2.91. The molecule has 0 fully saturated rings. The first-order valence-corrected chi connectivity index (χ1v) is 7.11. The molecule has 1 aliphatic rings. The summed E-state index contributed by atoms with van der Waals surface area (Å²) in [7, 11) is 1.76. The summed E-state index contributed by atoms with van der Waals surface area (Å²) in [6.45, 7) is 3.41. The van der Waals surface area contributed by atoms with E-state index in [-0.39, 0.29) is 12.1 Å². The van der Waals surface area contributed by atoms with Gasteiger partial charge in [0.2, 0.25) is 0 Å². The first-order chi connectivity index (χ1) is 10.3. The number of rotatable bonds is 5. The molecule has 2 unspecified atom stereocenters. The van der Waals surface area contributed by atoms with Crippen molar-refractivity contribution in [2.75, 3.05) is 13.2 Å². The molecule has 0 amide bonds. The predicted octanol–water partition coefficient (Wildman–Crippen LogP) is 0.571. The van der Waals surface area contributed by atoms with Gasteiger partial charge in [-0.1, -0.05) is 19.1 Å². The minimum absolute atomic E-state index is 0.0764. The zero-order valence-corrected chi connectivity index (χ0v) is 12.2. The van der Waals surface area contributed by atoms with Crippen molar-refractivity contribution in [1.82, 2.24) is 25.5 Å². The van der Waals surface area contributed by atoms with Gasteiger partial charge >= 0.3 is 0 Å². The van der Waals surface area contributed by atoms with Crippen LogP contribution in [0.2, 0.25) is 0 Å². The van der Waals surface area contributed by atoms with Gasteiger partial charge < -0.3 is 14.8 Å². The topological polar surface area (TPSA) is 74.1 Å². The van der Waals surface area contributed by atoms with E-state index in [4.69, 9.17) is 9.47 Å². The number of hydrogen-bond acceptors (Lipinski definition) is 6. The van der Waals surface area contributed by atoms with Gasteiger partial charge in [0.05, 0.1) is 13.1 Å². The fourth-order valence-electron chi connectivity index (χ4n) is 2.43. The molecule has 7 heteroatoms. The Hall–Kier alpha value is -2.15.